The number of hydrogen-bond donors (Lipinski definition) is 1. The van der Waals surface area contributed by atoms with Gasteiger partial charge in [-0.1, -0.05) is 23.7 Å². The molecule has 162 valence electrons. The maximum absolute atomic E-state index is 14.5. The van der Waals surface area contributed by atoms with E-state index in [2.05, 4.69) is 0 Å². The van der Waals surface area contributed by atoms with Crippen LogP contribution in [0.3, 0.4) is 0 Å². The molecule has 3 aromatic rings. The molecule has 2 aromatic carbocycles. The monoisotopic (exact) mass is 458 g/mol. The molecule has 0 atom stereocenters. The molecule has 0 radical (unpaired) electrons. The van der Waals surface area contributed by atoms with Crippen LogP contribution >= 0.6 is 11.6 Å². The molecule has 3 rings (SSSR count). The standard InChI is InChI=1S/C19H11ClF4N2O5/c1-9(27)30-13-4-2-3-5-14(13)31-15-7-12(11(21)6-10(15)20)26-17(28)8-16(19(22,23)24)25-18(26)29/h2-8H,1H3,(H,25,29). The lowest BCUT2D eigenvalue weighted by molar-refractivity contribution is -0.141. The van der Waals surface area contributed by atoms with Gasteiger partial charge < -0.3 is 14.5 Å². The molecule has 0 fully saturated rings. The van der Waals surface area contributed by atoms with E-state index in [1.165, 1.54) is 23.2 Å². The van der Waals surface area contributed by atoms with Gasteiger partial charge in [0.2, 0.25) is 0 Å². The van der Waals surface area contributed by atoms with Crippen molar-refractivity contribution in [2.75, 3.05) is 0 Å². The minimum Gasteiger partial charge on any atom is -0.452 e. The van der Waals surface area contributed by atoms with E-state index in [9.17, 15) is 31.9 Å². The molecule has 1 N–H and O–H groups in total. The quantitative estimate of drug-likeness (QED) is 0.362. The van der Waals surface area contributed by atoms with Crippen LogP contribution in [0.5, 0.6) is 17.2 Å². The Kier molecular flexibility index (Phi) is 5.89. The SMILES string of the molecule is CC(=O)Oc1ccccc1Oc1cc(-n2c(=O)cc(C(F)(F)F)[nH]c2=O)c(F)cc1Cl. The first kappa shape index (κ1) is 22.1. The summed E-state index contributed by atoms with van der Waals surface area (Å²) in [4.78, 5) is 36.9. The van der Waals surface area contributed by atoms with Crippen molar-refractivity contribution in [1.82, 2.24) is 9.55 Å². The third-order valence-electron chi connectivity index (χ3n) is 3.80. The Bertz CT molecular complexity index is 1250. The van der Waals surface area contributed by atoms with Gasteiger partial charge in [-0.05, 0) is 18.2 Å². The van der Waals surface area contributed by atoms with Gasteiger partial charge in [0.1, 0.15) is 17.3 Å². The summed E-state index contributed by atoms with van der Waals surface area (Å²) >= 11 is 5.97. The Morgan fingerprint density at radius 2 is 1.71 bits per heavy atom. The van der Waals surface area contributed by atoms with E-state index in [1.807, 2.05) is 0 Å². The summed E-state index contributed by atoms with van der Waals surface area (Å²) < 4.78 is 63.5. The molecule has 0 unspecified atom stereocenters. The van der Waals surface area contributed by atoms with E-state index >= 15 is 0 Å². The largest absolute Gasteiger partial charge is 0.452 e. The average molecular weight is 459 g/mol. The zero-order valence-corrected chi connectivity index (χ0v) is 16.2. The first-order valence-electron chi connectivity index (χ1n) is 8.35. The zero-order valence-electron chi connectivity index (χ0n) is 15.4. The van der Waals surface area contributed by atoms with Crippen molar-refractivity contribution in [1.29, 1.82) is 0 Å². The molecule has 31 heavy (non-hydrogen) atoms. The number of esters is 1. The van der Waals surface area contributed by atoms with Crippen LogP contribution in [0, 0.1) is 5.82 Å². The van der Waals surface area contributed by atoms with Crippen molar-refractivity contribution in [2.45, 2.75) is 13.1 Å². The van der Waals surface area contributed by atoms with Gasteiger partial charge in [0.15, 0.2) is 11.5 Å². The Morgan fingerprint density at radius 1 is 1.06 bits per heavy atom. The van der Waals surface area contributed by atoms with Gasteiger partial charge in [-0.3, -0.25) is 9.59 Å². The molecule has 1 aromatic heterocycles. The number of nitrogens with zero attached hydrogens (tertiary/aromatic N) is 1. The van der Waals surface area contributed by atoms with Crippen molar-refractivity contribution in [2.24, 2.45) is 0 Å². The number of para-hydroxylation sites is 2. The second kappa shape index (κ2) is 8.26. The molecule has 7 nitrogen and oxygen atoms in total. The predicted molar refractivity (Wildman–Crippen MR) is 100 cm³/mol. The lowest BCUT2D eigenvalue weighted by atomic mass is 10.2. The lowest BCUT2D eigenvalue weighted by Crippen LogP contribution is -2.36. The molecule has 0 amide bonds. The Morgan fingerprint density at radius 3 is 2.29 bits per heavy atom. The molecule has 0 aliphatic rings. The number of H-pyrrole nitrogens is 1. The summed E-state index contributed by atoms with van der Waals surface area (Å²) in [5.74, 6) is -2.08. The van der Waals surface area contributed by atoms with Gasteiger partial charge in [0, 0.05) is 19.1 Å². The molecular weight excluding hydrogens is 448 g/mol. The summed E-state index contributed by atoms with van der Waals surface area (Å²) in [6.45, 7) is 1.16. The number of benzene rings is 2. The summed E-state index contributed by atoms with van der Waals surface area (Å²) in [7, 11) is 0. The van der Waals surface area contributed by atoms with Gasteiger partial charge in [-0.15, -0.1) is 0 Å². The Balaban J connectivity index is 2.11. The van der Waals surface area contributed by atoms with E-state index in [0.717, 1.165) is 13.0 Å². The number of rotatable bonds is 4. The molecule has 0 spiro atoms. The molecule has 0 saturated heterocycles. The number of alkyl halides is 3. The normalized spacial score (nSPS) is 11.3. The summed E-state index contributed by atoms with van der Waals surface area (Å²) in [5.41, 5.74) is -5.24. The van der Waals surface area contributed by atoms with E-state index in [4.69, 9.17) is 21.1 Å². The van der Waals surface area contributed by atoms with Gasteiger partial charge >= 0.3 is 17.8 Å². The van der Waals surface area contributed by atoms with Crippen molar-refractivity contribution in [3.05, 3.63) is 79.8 Å². The van der Waals surface area contributed by atoms with Crippen LogP contribution in [0.1, 0.15) is 12.6 Å². The fraction of sp³-hybridized carbons (Fsp3) is 0.105. The fourth-order valence-electron chi connectivity index (χ4n) is 2.54. The van der Waals surface area contributed by atoms with Crippen LogP contribution in [0.15, 0.2) is 52.1 Å². The van der Waals surface area contributed by atoms with Crippen molar-refractivity contribution in [3.63, 3.8) is 0 Å². The maximum atomic E-state index is 14.5. The molecule has 0 saturated carbocycles. The molecule has 0 aliphatic carbocycles. The van der Waals surface area contributed by atoms with Gasteiger partial charge in [-0.25, -0.2) is 13.8 Å². The highest BCUT2D eigenvalue weighted by atomic mass is 35.5. The number of carbonyl (C=O) groups is 1. The minimum absolute atomic E-state index is 0.00138. The summed E-state index contributed by atoms with van der Waals surface area (Å²) in [5, 5.41) is -0.282. The van der Waals surface area contributed by atoms with E-state index in [0.29, 0.717) is 6.07 Å². The summed E-state index contributed by atoms with van der Waals surface area (Å²) in [6, 6.07) is 7.56. The number of hydrogen-bond acceptors (Lipinski definition) is 5. The number of carbonyl (C=O) groups excluding carboxylic acids is 1. The number of nitrogens with one attached hydrogen (secondary N) is 1. The Labute approximate surface area is 175 Å². The zero-order chi connectivity index (χ0) is 22.9. The topological polar surface area (TPSA) is 90.4 Å². The highest BCUT2D eigenvalue weighted by Gasteiger charge is 2.33. The molecule has 1 heterocycles. The first-order chi connectivity index (χ1) is 14.5. The molecule has 12 heteroatoms. The minimum atomic E-state index is -4.98. The molecule has 0 aliphatic heterocycles. The van der Waals surface area contributed by atoms with E-state index in [-0.39, 0.29) is 32.9 Å². The highest BCUT2D eigenvalue weighted by molar-refractivity contribution is 6.32. The van der Waals surface area contributed by atoms with Crippen molar-refractivity contribution >= 4 is 17.6 Å². The van der Waals surface area contributed by atoms with Crippen LogP contribution in [-0.2, 0) is 11.0 Å². The lowest BCUT2D eigenvalue weighted by Gasteiger charge is -2.14. The Hall–Kier alpha value is -3.60. The van der Waals surface area contributed by atoms with Crippen LogP contribution in [0.25, 0.3) is 5.69 Å². The third kappa shape index (κ3) is 4.77. The van der Waals surface area contributed by atoms with Gasteiger partial charge in [0.05, 0.1) is 10.7 Å². The van der Waals surface area contributed by atoms with Gasteiger partial charge in [0.25, 0.3) is 5.56 Å². The molecule has 0 bridgehead atoms. The van der Waals surface area contributed by atoms with Crippen LogP contribution in [0.2, 0.25) is 5.02 Å². The van der Waals surface area contributed by atoms with E-state index in [1.54, 1.807) is 6.07 Å². The van der Waals surface area contributed by atoms with Crippen molar-refractivity contribution in [3.8, 4) is 22.9 Å². The average Bonchev–Trinajstić information content (AvgIpc) is 2.65. The van der Waals surface area contributed by atoms with Crippen molar-refractivity contribution < 1.29 is 31.8 Å². The fourth-order valence-corrected chi connectivity index (χ4v) is 2.73. The number of ether oxygens (including phenoxy) is 2. The molecular formula is C19H11ClF4N2O5. The highest BCUT2D eigenvalue weighted by Crippen LogP contribution is 2.37. The maximum Gasteiger partial charge on any atom is 0.431 e. The van der Waals surface area contributed by atoms with Crippen LogP contribution in [-0.4, -0.2) is 15.5 Å². The number of halogens is 5. The smallest absolute Gasteiger partial charge is 0.431 e. The second-order valence-electron chi connectivity index (χ2n) is 6.04. The third-order valence-corrected chi connectivity index (χ3v) is 4.10. The second-order valence-corrected chi connectivity index (χ2v) is 6.44. The summed E-state index contributed by atoms with van der Waals surface area (Å²) in [6.07, 6.45) is -4.98. The first-order valence-corrected chi connectivity index (χ1v) is 8.73. The predicted octanol–water partition coefficient (Wildman–Crippen LogP) is 4.05. The van der Waals surface area contributed by atoms with E-state index < -0.39 is 40.6 Å². The van der Waals surface area contributed by atoms with Crippen LogP contribution < -0.4 is 20.7 Å². The number of aromatic amines is 1. The van der Waals surface area contributed by atoms with Gasteiger partial charge in [-0.2, -0.15) is 13.2 Å². The van der Waals surface area contributed by atoms with Crippen LogP contribution in [0.4, 0.5) is 17.6 Å². The number of aromatic nitrogens is 2.